The molecule has 3 heteroatoms. The van der Waals surface area contributed by atoms with Crippen molar-refractivity contribution in [1.29, 1.82) is 0 Å². The zero-order valence-electron chi connectivity index (χ0n) is 8.52. The molecule has 0 aliphatic heterocycles. The van der Waals surface area contributed by atoms with Gasteiger partial charge in [0.2, 0.25) is 0 Å². The van der Waals surface area contributed by atoms with Crippen LogP contribution in [0.1, 0.15) is 25.3 Å². The quantitative estimate of drug-likeness (QED) is 0.772. The van der Waals surface area contributed by atoms with Crippen molar-refractivity contribution in [3.8, 4) is 0 Å². The topological polar surface area (TPSA) is 17.1 Å². The van der Waals surface area contributed by atoms with Gasteiger partial charge < -0.3 is 0 Å². The summed E-state index contributed by atoms with van der Waals surface area (Å²) in [4.78, 5) is 11.4. The summed E-state index contributed by atoms with van der Waals surface area (Å²) in [6, 6.07) is 4.75. The van der Waals surface area contributed by atoms with Crippen molar-refractivity contribution in [2.45, 2.75) is 26.2 Å². The summed E-state index contributed by atoms with van der Waals surface area (Å²) in [6.45, 7) is 1.61. The Hall–Kier alpha value is -0.890. The van der Waals surface area contributed by atoms with Gasteiger partial charge in [0.15, 0.2) is 0 Å². The summed E-state index contributed by atoms with van der Waals surface area (Å²) in [5.41, 5.74) is 0.643. The van der Waals surface area contributed by atoms with E-state index in [2.05, 4.69) is 0 Å². The van der Waals surface area contributed by atoms with Crippen molar-refractivity contribution in [2.75, 3.05) is 0 Å². The second-order valence-corrected chi connectivity index (χ2v) is 4.67. The molecule has 0 N–H and O–H groups in total. The van der Waals surface area contributed by atoms with E-state index in [0.717, 1.165) is 18.4 Å². The molecule has 0 heterocycles. The van der Waals surface area contributed by atoms with Crippen molar-refractivity contribution in [3.05, 3.63) is 34.6 Å². The molecule has 0 saturated heterocycles. The van der Waals surface area contributed by atoms with Gasteiger partial charge in [0.1, 0.15) is 11.6 Å². The molecule has 80 valence electrons. The number of Topliss-reactive ketones (excluding diaryl/α,β-unsaturated/α-hetero) is 1. The normalized spacial score (nSPS) is 17.5. The Balaban J connectivity index is 2.18. The van der Waals surface area contributed by atoms with Gasteiger partial charge in [-0.15, -0.1) is 0 Å². The maximum absolute atomic E-state index is 13.2. The molecule has 1 aliphatic carbocycles. The minimum atomic E-state index is -0.409. The summed E-state index contributed by atoms with van der Waals surface area (Å²) in [5.74, 6) is -0.202. The van der Waals surface area contributed by atoms with E-state index in [0.29, 0.717) is 6.42 Å². The van der Waals surface area contributed by atoms with E-state index in [1.807, 2.05) is 0 Å². The van der Waals surface area contributed by atoms with E-state index in [1.165, 1.54) is 6.07 Å². The second kappa shape index (κ2) is 3.60. The molecular weight excluding hydrogens is 215 g/mol. The molecular formula is C12H12ClFO. The molecule has 1 aromatic carbocycles. The van der Waals surface area contributed by atoms with Gasteiger partial charge in [-0.1, -0.05) is 17.7 Å². The number of benzene rings is 1. The molecule has 2 rings (SSSR count). The van der Waals surface area contributed by atoms with Crippen molar-refractivity contribution < 1.29 is 9.18 Å². The minimum absolute atomic E-state index is 0.131. The van der Waals surface area contributed by atoms with Gasteiger partial charge in [0.05, 0.1) is 5.02 Å². The lowest BCUT2D eigenvalue weighted by Crippen LogP contribution is -2.15. The third kappa shape index (κ3) is 2.05. The summed E-state index contributed by atoms with van der Waals surface area (Å²) < 4.78 is 13.2. The largest absolute Gasteiger partial charge is 0.299 e. The summed E-state index contributed by atoms with van der Waals surface area (Å²) in [6.07, 6.45) is 2.48. The van der Waals surface area contributed by atoms with Crippen molar-refractivity contribution in [1.82, 2.24) is 0 Å². The van der Waals surface area contributed by atoms with Crippen LogP contribution in [-0.2, 0) is 11.2 Å². The third-order valence-corrected chi connectivity index (χ3v) is 3.43. The van der Waals surface area contributed by atoms with Gasteiger partial charge in [0, 0.05) is 5.41 Å². The fraction of sp³-hybridized carbons (Fsp3) is 0.417. The van der Waals surface area contributed by atoms with Crippen LogP contribution >= 0.6 is 11.6 Å². The molecule has 0 aromatic heterocycles. The van der Waals surface area contributed by atoms with Crippen LogP contribution < -0.4 is 0 Å². The van der Waals surface area contributed by atoms with E-state index in [-0.39, 0.29) is 16.2 Å². The third-order valence-electron chi connectivity index (χ3n) is 3.13. The number of hydrogen-bond donors (Lipinski definition) is 0. The molecule has 0 radical (unpaired) electrons. The molecule has 0 amide bonds. The van der Waals surface area contributed by atoms with Gasteiger partial charge in [-0.3, -0.25) is 4.79 Å². The van der Waals surface area contributed by atoms with E-state index >= 15 is 0 Å². The van der Waals surface area contributed by atoms with Gasteiger partial charge in [-0.25, -0.2) is 4.39 Å². The number of ketones is 1. The van der Waals surface area contributed by atoms with Gasteiger partial charge >= 0.3 is 0 Å². The van der Waals surface area contributed by atoms with Crippen LogP contribution in [0.3, 0.4) is 0 Å². The lowest BCUT2D eigenvalue weighted by molar-refractivity contribution is -0.121. The first-order valence-corrected chi connectivity index (χ1v) is 5.36. The highest BCUT2D eigenvalue weighted by Crippen LogP contribution is 2.49. The average Bonchev–Trinajstić information content (AvgIpc) is 2.93. The first kappa shape index (κ1) is 10.6. The zero-order chi connectivity index (χ0) is 11.1. The van der Waals surface area contributed by atoms with E-state index in [4.69, 9.17) is 11.6 Å². The molecule has 15 heavy (non-hydrogen) atoms. The molecule has 0 unspecified atom stereocenters. The number of carbonyl (C=O) groups excluding carboxylic acids is 1. The number of halogens is 2. The Morgan fingerprint density at radius 1 is 1.53 bits per heavy atom. The highest BCUT2D eigenvalue weighted by atomic mass is 35.5. The highest BCUT2D eigenvalue weighted by Gasteiger charge is 2.46. The van der Waals surface area contributed by atoms with Crippen molar-refractivity contribution in [3.63, 3.8) is 0 Å². The molecule has 0 bridgehead atoms. The fourth-order valence-electron chi connectivity index (χ4n) is 1.84. The van der Waals surface area contributed by atoms with E-state index in [1.54, 1.807) is 19.1 Å². The smallest absolute Gasteiger partial charge is 0.142 e. The maximum atomic E-state index is 13.2. The Labute approximate surface area is 93.2 Å². The summed E-state index contributed by atoms with van der Waals surface area (Å²) in [7, 11) is 0. The summed E-state index contributed by atoms with van der Waals surface area (Å²) in [5, 5.41) is 0.131. The zero-order valence-corrected chi connectivity index (χ0v) is 9.27. The predicted molar refractivity (Wildman–Crippen MR) is 57.5 cm³/mol. The van der Waals surface area contributed by atoms with Crippen LogP contribution in [0.2, 0.25) is 5.02 Å². The Morgan fingerprint density at radius 2 is 2.20 bits per heavy atom. The molecule has 1 aliphatic rings. The maximum Gasteiger partial charge on any atom is 0.142 e. The van der Waals surface area contributed by atoms with Crippen LogP contribution in [0.4, 0.5) is 4.39 Å². The molecule has 1 fully saturated rings. The van der Waals surface area contributed by atoms with E-state index in [9.17, 15) is 9.18 Å². The van der Waals surface area contributed by atoms with Crippen LogP contribution in [0.15, 0.2) is 18.2 Å². The molecule has 1 saturated carbocycles. The number of carbonyl (C=O) groups is 1. The average molecular weight is 227 g/mol. The highest BCUT2D eigenvalue weighted by molar-refractivity contribution is 6.30. The Bertz CT molecular complexity index is 410. The second-order valence-electron chi connectivity index (χ2n) is 4.26. The Kier molecular flexibility index (Phi) is 2.55. The number of hydrogen-bond acceptors (Lipinski definition) is 1. The predicted octanol–water partition coefficient (Wildman–Crippen LogP) is 3.39. The first-order valence-electron chi connectivity index (χ1n) is 4.98. The monoisotopic (exact) mass is 226 g/mol. The molecule has 0 spiro atoms. The lowest BCUT2D eigenvalue weighted by Gasteiger charge is -2.11. The van der Waals surface area contributed by atoms with Gasteiger partial charge in [0.25, 0.3) is 0 Å². The Morgan fingerprint density at radius 3 is 2.67 bits per heavy atom. The first-order chi connectivity index (χ1) is 7.03. The van der Waals surface area contributed by atoms with Crippen LogP contribution in [-0.4, -0.2) is 5.78 Å². The van der Waals surface area contributed by atoms with Gasteiger partial charge in [-0.05, 0) is 43.9 Å². The van der Waals surface area contributed by atoms with Crippen LogP contribution in [0, 0.1) is 11.2 Å². The number of rotatable bonds is 3. The lowest BCUT2D eigenvalue weighted by atomic mass is 9.93. The molecule has 1 nitrogen and oxygen atoms in total. The van der Waals surface area contributed by atoms with Crippen molar-refractivity contribution >= 4 is 17.4 Å². The van der Waals surface area contributed by atoms with Crippen LogP contribution in [0.25, 0.3) is 0 Å². The van der Waals surface area contributed by atoms with Crippen LogP contribution in [0.5, 0.6) is 0 Å². The molecule has 1 aromatic rings. The summed E-state index contributed by atoms with van der Waals surface area (Å²) >= 11 is 5.59. The van der Waals surface area contributed by atoms with Crippen molar-refractivity contribution in [2.24, 2.45) is 5.41 Å². The fourth-order valence-corrected chi connectivity index (χ4v) is 1.96. The standard InChI is InChI=1S/C12H12ClFO/c1-8(15)12(4-5-12)7-9-2-3-10(13)11(14)6-9/h2-3,6H,4-5,7H2,1H3. The SMILES string of the molecule is CC(=O)C1(Cc2ccc(Cl)c(F)c2)CC1. The molecule has 0 atom stereocenters. The van der Waals surface area contributed by atoms with E-state index < -0.39 is 5.82 Å². The van der Waals surface area contributed by atoms with Gasteiger partial charge in [-0.2, -0.15) is 0 Å². The minimum Gasteiger partial charge on any atom is -0.299 e.